The van der Waals surface area contributed by atoms with Crippen molar-refractivity contribution in [2.24, 2.45) is 11.8 Å². The monoisotopic (exact) mass is 432 g/mol. The summed E-state index contributed by atoms with van der Waals surface area (Å²) in [5.74, 6) is 0.742. The van der Waals surface area contributed by atoms with Crippen LogP contribution >= 0.6 is 23.2 Å². The zero-order valence-electron chi connectivity index (χ0n) is 15.6. The van der Waals surface area contributed by atoms with Crippen molar-refractivity contribution in [2.45, 2.75) is 62.9 Å². The summed E-state index contributed by atoms with van der Waals surface area (Å²) in [6.45, 7) is 4.63. The predicted octanol–water partition coefficient (Wildman–Crippen LogP) is 4.09. The number of carbonyl (C=O) groups excluding carboxylic acids is 1. The third-order valence-corrected chi connectivity index (χ3v) is 7.65. The summed E-state index contributed by atoms with van der Waals surface area (Å²) in [6, 6.07) is 3.96. The number of nitrogens with zero attached hydrogens (tertiary/aromatic N) is 1. The zero-order valence-corrected chi connectivity index (χ0v) is 17.9. The standard InChI is InChI=1S/C19H26Cl2N2O3S/c1-12(2)10-17(19(24)23-9-8-14(23)11-13-6-7-13)22-27(25,26)18-15(20)4-3-5-16(18)21/h3-5,12-14,17,22H,6-11H2,1-2H3. The van der Waals surface area contributed by atoms with Gasteiger partial charge in [-0.25, -0.2) is 8.42 Å². The van der Waals surface area contributed by atoms with Crippen molar-refractivity contribution in [3.05, 3.63) is 28.2 Å². The first-order chi connectivity index (χ1) is 12.7. The summed E-state index contributed by atoms with van der Waals surface area (Å²) in [4.78, 5) is 14.7. The molecule has 0 spiro atoms. The Labute approximate surface area is 171 Å². The van der Waals surface area contributed by atoms with Crippen molar-refractivity contribution >= 4 is 39.1 Å². The van der Waals surface area contributed by atoms with Crippen molar-refractivity contribution in [1.29, 1.82) is 0 Å². The lowest BCUT2D eigenvalue weighted by atomic mass is 9.94. The molecule has 1 aliphatic heterocycles. The summed E-state index contributed by atoms with van der Waals surface area (Å²) in [5.41, 5.74) is 0. The molecule has 0 radical (unpaired) electrons. The Morgan fingerprint density at radius 2 is 1.85 bits per heavy atom. The predicted molar refractivity (Wildman–Crippen MR) is 107 cm³/mol. The van der Waals surface area contributed by atoms with E-state index in [4.69, 9.17) is 23.2 Å². The summed E-state index contributed by atoms with van der Waals surface area (Å²) in [7, 11) is -4.02. The number of rotatable bonds is 8. The minimum absolute atomic E-state index is 0.0429. The molecule has 5 nitrogen and oxygen atoms in total. The Hall–Kier alpha value is -0.820. The molecule has 1 aromatic rings. The molecule has 1 amide bonds. The SMILES string of the molecule is CC(C)CC(NS(=O)(=O)c1c(Cl)cccc1Cl)C(=O)N1CCC1CC1CC1. The lowest BCUT2D eigenvalue weighted by Crippen LogP contribution is -2.58. The number of carbonyl (C=O) groups is 1. The molecule has 2 fully saturated rings. The van der Waals surface area contributed by atoms with Gasteiger partial charge in [0.15, 0.2) is 0 Å². The first-order valence-corrected chi connectivity index (χ1v) is 11.7. The van der Waals surface area contributed by atoms with Crippen molar-refractivity contribution < 1.29 is 13.2 Å². The lowest BCUT2D eigenvalue weighted by Gasteiger charge is -2.43. The number of amides is 1. The van der Waals surface area contributed by atoms with Gasteiger partial charge in [0, 0.05) is 12.6 Å². The average molecular weight is 433 g/mol. The van der Waals surface area contributed by atoms with Gasteiger partial charge in [-0.15, -0.1) is 0 Å². The zero-order chi connectivity index (χ0) is 19.8. The highest BCUT2D eigenvalue weighted by atomic mass is 35.5. The van der Waals surface area contributed by atoms with E-state index in [1.807, 2.05) is 18.7 Å². The number of likely N-dealkylation sites (tertiary alicyclic amines) is 1. The van der Waals surface area contributed by atoms with Crippen LogP contribution in [0.4, 0.5) is 0 Å². The second kappa shape index (κ2) is 8.27. The van der Waals surface area contributed by atoms with Gasteiger partial charge >= 0.3 is 0 Å². The third kappa shape index (κ3) is 4.97. The molecule has 2 unspecified atom stereocenters. The first-order valence-electron chi connectivity index (χ1n) is 9.46. The highest BCUT2D eigenvalue weighted by Crippen LogP contribution is 2.38. The van der Waals surface area contributed by atoms with E-state index < -0.39 is 16.1 Å². The number of sulfonamides is 1. The minimum Gasteiger partial charge on any atom is -0.338 e. The summed E-state index contributed by atoms with van der Waals surface area (Å²) < 4.78 is 28.4. The number of hydrogen-bond donors (Lipinski definition) is 1. The molecule has 2 atom stereocenters. The molecule has 8 heteroatoms. The van der Waals surface area contributed by atoms with E-state index in [1.54, 1.807) is 6.07 Å². The van der Waals surface area contributed by atoms with Crippen LogP contribution in [0.3, 0.4) is 0 Å². The first kappa shape index (κ1) is 20.9. The smallest absolute Gasteiger partial charge is 0.244 e. The summed E-state index contributed by atoms with van der Waals surface area (Å²) >= 11 is 12.1. The highest BCUT2D eigenvalue weighted by Gasteiger charge is 2.40. The molecule has 1 N–H and O–H groups in total. The molecule has 1 saturated carbocycles. The number of hydrogen-bond acceptors (Lipinski definition) is 3. The van der Waals surface area contributed by atoms with Crippen molar-refractivity contribution in [1.82, 2.24) is 9.62 Å². The minimum atomic E-state index is -4.02. The molecule has 3 rings (SSSR count). The van der Waals surface area contributed by atoms with Gasteiger partial charge in [-0.05, 0) is 43.2 Å². The molecule has 0 aromatic heterocycles. The quantitative estimate of drug-likeness (QED) is 0.672. The second-order valence-corrected chi connectivity index (χ2v) is 10.5. The largest absolute Gasteiger partial charge is 0.338 e. The molecule has 1 aliphatic carbocycles. The Morgan fingerprint density at radius 3 is 2.33 bits per heavy atom. The van der Waals surface area contributed by atoms with E-state index in [-0.39, 0.29) is 32.8 Å². The Balaban J connectivity index is 1.79. The fraction of sp³-hybridized carbons (Fsp3) is 0.632. The summed E-state index contributed by atoms with van der Waals surface area (Å²) in [6.07, 6.45) is 4.94. The van der Waals surface area contributed by atoms with Crippen LogP contribution in [0.2, 0.25) is 10.0 Å². The Kier molecular flexibility index (Phi) is 6.41. The van der Waals surface area contributed by atoms with Crippen LogP contribution in [0, 0.1) is 11.8 Å². The van der Waals surface area contributed by atoms with Crippen molar-refractivity contribution in [3.63, 3.8) is 0 Å². The summed E-state index contributed by atoms with van der Waals surface area (Å²) in [5, 5.41) is 0.0858. The van der Waals surface area contributed by atoms with Crippen LogP contribution in [0.15, 0.2) is 23.1 Å². The van der Waals surface area contributed by atoms with Gasteiger partial charge in [-0.1, -0.05) is 56.0 Å². The van der Waals surface area contributed by atoms with E-state index in [2.05, 4.69) is 4.72 Å². The Bertz CT molecular complexity index is 789. The van der Waals surface area contributed by atoms with Crippen LogP contribution in [0.1, 0.15) is 46.0 Å². The van der Waals surface area contributed by atoms with Gasteiger partial charge in [0.05, 0.1) is 10.0 Å². The van der Waals surface area contributed by atoms with Crippen LogP contribution in [0.5, 0.6) is 0 Å². The molecule has 1 aromatic carbocycles. The van der Waals surface area contributed by atoms with Gasteiger partial charge < -0.3 is 4.90 Å². The Morgan fingerprint density at radius 1 is 1.22 bits per heavy atom. The normalized spacial score (nSPS) is 21.2. The van der Waals surface area contributed by atoms with E-state index in [9.17, 15) is 13.2 Å². The fourth-order valence-electron chi connectivity index (χ4n) is 3.57. The fourth-order valence-corrected chi connectivity index (χ4v) is 5.92. The van der Waals surface area contributed by atoms with E-state index in [0.29, 0.717) is 13.0 Å². The second-order valence-electron chi connectivity index (χ2n) is 8.01. The van der Waals surface area contributed by atoms with Crippen LogP contribution < -0.4 is 4.72 Å². The van der Waals surface area contributed by atoms with Gasteiger partial charge in [-0.3, -0.25) is 4.79 Å². The van der Waals surface area contributed by atoms with Crippen molar-refractivity contribution in [3.8, 4) is 0 Å². The molecular weight excluding hydrogens is 407 g/mol. The van der Waals surface area contributed by atoms with E-state index in [1.165, 1.54) is 25.0 Å². The maximum Gasteiger partial charge on any atom is 0.244 e. The van der Waals surface area contributed by atoms with E-state index in [0.717, 1.165) is 18.8 Å². The average Bonchev–Trinajstić information content (AvgIpc) is 3.34. The number of halogens is 2. The van der Waals surface area contributed by atoms with Gasteiger partial charge in [0.2, 0.25) is 15.9 Å². The van der Waals surface area contributed by atoms with Crippen LogP contribution in [-0.4, -0.2) is 37.9 Å². The van der Waals surface area contributed by atoms with Crippen molar-refractivity contribution in [2.75, 3.05) is 6.54 Å². The molecule has 2 aliphatic rings. The van der Waals surface area contributed by atoms with E-state index >= 15 is 0 Å². The van der Waals surface area contributed by atoms with Crippen LogP contribution in [-0.2, 0) is 14.8 Å². The van der Waals surface area contributed by atoms with Gasteiger partial charge in [0.25, 0.3) is 0 Å². The molecule has 1 heterocycles. The number of benzene rings is 1. The lowest BCUT2D eigenvalue weighted by molar-refractivity contribution is -0.141. The number of nitrogens with one attached hydrogen (secondary N) is 1. The molecular formula is C19H26Cl2N2O3S. The molecule has 1 saturated heterocycles. The molecule has 27 heavy (non-hydrogen) atoms. The van der Waals surface area contributed by atoms with Gasteiger partial charge in [-0.2, -0.15) is 4.72 Å². The third-order valence-electron chi connectivity index (χ3n) is 5.22. The van der Waals surface area contributed by atoms with Crippen LogP contribution in [0.25, 0.3) is 0 Å². The van der Waals surface area contributed by atoms with Gasteiger partial charge in [0.1, 0.15) is 10.9 Å². The topological polar surface area (TPSA) is 66.5 Å². The molecule has 0 bridgehead atoms. The highest BCUT2D eigenvalue weighted by molar-refractivity contribution is 7.89. The maximum absolute atomic E-state index is 13.1. The molecule has 150 valence electrons. The maximum atomic E-state index is 13.1.